The van der Waals surface area contributed by atoms with Gasteiger partial charge in [-0.1, -0.05) is 31.6 Å². The monoisotopic (exact) mass is 182 g/mol. The van der Waals surface area contributed by atoms with Gasteiger partial charge in [-0.25, -0.2) is 0 Å². The summed E-state index contributed by atoms with van der Waals surface area (Å²) in [5.41, 5.74) is 0. The molecule has 2 nitrogen and oxygen atoms in total. The molecule has 0 aliphatic heterocycles. The van der Waals surface area contributed by atoms with E-state index in [4.69, 9.17) is 5.11 Å². The SMILES string of the molecule is C=CC/C=C/C(CCC)CC(=O)O. The predicted octanol–water partition coefficient (Wildman–Crippen LogP) is 3.01. The molecule has 0 aromatic heterocycles. The van der Waals surface area contributed by atoms with Crippen LogP contribution in [0.1, 0.15) is 32.6 Å². The van der Waals surface area contributed by atoms with Crippen LogP contribution in [0.3, 0.4) is 0 Å². The van der Waals surface area contributed by atoms with Gasteiger partial charge in [0.1, 0.15) is 0 Å². The van der Waals surface area contributed by atoms with Crippen molar-refractivity contribution in [1.82, 2.24) is 0 Å². The Hall–Kier alpha value is -1.05. The number of hydrogen-bond acceptors (Lipinski definition) is 1. The zero-order valence-corrected chi connectivity index (χ0v) is 8.20. The van der Waals surface area contributed by atoms with E-state index in [0.29, 0.717) is 0 Å². The summed E-state index contributed by atoms with van der Waals surface area (Å²) in [4.78, 5) is 10.5. The highest BCUT2D eigenvalue weighted by molar-refractivity contribution is 5.67. The van der Waals surface area contributed by atoms with Crippen LogP contribution >= 0.6 is 0 Å². The van der Waals surface area contributed by atoms with Crippen molar-refractivity contribution < 1.29 is 9.90 Å². The molecule has 0 radical (unpaired) electrons. The lowest BCUT2D eigenvalue weighted by Crippen LogP contribution is -2.04. The fourth-order valence-electron chi connectivity index (χ4n) is 1.23. The van der Waals surface area contributed by atoms with Crippen molar-refractivity contribution in [3.05, 3.63) is 24.8 Å². The Balaban J connectivity index is 3.92. The molecule has 13 heavy (non-hydrogen) atoms. The summed E-state index contributed by atoms with van der Waals surface area (Å²) in [6.07, 6.45) is 8.80. The fourth-order valence-corrected chi connectivity index (χ4v) is 1.23. The van der Waals surface area contributed by atoms with Gasteiger partial charge >= 0.3 is 5.97 Å². The standard InChI is InChI=1S/C11H18O2/c1-3-5-6-8-10(7-4-2)9-11(12)13/h3,6,8,10H,1,4-5,7,9H2,2H3,(H,12,13)/b8-6+. The number of carboxylic acid groups (broad SMARTS) is 1. The zero-order valence-electron chi connectivity index (χ0n) is 8.20. The van der Waals surface area contributed by atoms with Crippen molar-refractivity contribution in [3.8, 4) is 0 Å². The lowest BCUT2D eigenvalue weighted by atomic mass is 9.99. The molecule has 1 N–H and O–H groups in total. The van der Waals surface area contributed by atoms with Crippen LogP contribution in [0.25, 0.3) is 0 Å². The van der Waals surface area contributed by atoms with Crippen LogP contribution in [0, 0.1) is 5.92 Å². The third-order valence-corrected chi connectivity index (χ3v) is 1.81. The Morgan fingerprint density at radius 2 is 2.31 bits per heavy atom. The highest BCUT2D eigenvalue weighted by atomic mass is 16.4. The van der Waals surface area contributed by atoms with E-state index in [1.165, 1.54) is 0 Å². The van der Waals surface area contributed by atoms with Crippen LogP contribution < -0.4 is 0 Å². The van der Waals surface area contributed by atoms with Crippen molar-refractivity contribution in [1.29, 1.82) is 0 Å². The van der Waals surface area contributed by atoms with Crippen LogP contribution in [0.15, 0.2) is 24.8 Å². The maximum atomic E-state index is 10.5. The number of hydrogen-bond donors (Lipinski definition) is 1. The van der Waals surface area contributed by atoms with Gasteiger partial charge in [0.25, 0.3) is 0 Å². The van der Waals surface area contributed by atoms with Gasteiger partial charge in [0, 0.05) is 0 Å². The van der Waals surface area contributed by atoms with Crippen LogP contribution in [0.2, 0.25) is 0 Å². The molecule has 0 aromatic carbocycles. The molecule has 0 aliphatic carbocycles. The van der Waals surface area contributed by atoms with E-state index in [9.17, 15) is 4.79 Å². The van der Waals surface area contributed by atoms with E-state index in [0.717, 1.165) is 19.3 Å². The summed E-state index contributed by atoms with van der Waals surface area (Å²) in [5.74, 6) is -0.538. The molecule has 0 saturated heterocycles. The Labute approximate surface area is 80.0 Å². The van der Waals surface area contributed by atoms with Crippen molar-refractivity contribution in [2.75, 3.05) is 0 Å². The predicted molar refractivity (Wildman–Crippen MR) is 54.6 cm³/mol. The summed E-state index contributed by atoms with van der Waals surface area (Å²) in [7, 11) is 0. The molecule has 1 atom stereocenters. The molecule has 0 aliphatic rings. The second-order valence-corrected chi connectivity index (χ2v) is 3.10. The van der Waals surface area contributed by atoms with Gasteiger partial charge in [0.05, 0.1) is 6.42 Å². The molecule has 0 heterocycles. The number of carbonyl (C=O) groups is 1. The number of carboxylic acids is 1. The summed E-state index contributed by atoms with van der Waals surface area (Å²) in [6.45, 7) is 5.66. The smallest absolute Gasteiger partial charge is 0.303 e. The van der Waals surface area contributed by atoms with E-state index in [1.54, 1.807) is 6.08 Å². The largest absolute Gasteiger partial charge is 0.481 e. The summed E-state index contributed by atoms with van der Waals surface area (Å²) >= 11 is 0. The van der Waals surface area contributed by atoms with Crippen LogP contribution in [-0.4, -0.2) is 11.1 Å². The van der Waals surface area contributed by atoms with E-state index in [1.807, 2.05) is 12.2 Å². The minimum atomic E-state index is -0.721. The fraction of sp³-hybridized carbons (Fsp3) is 0.545. The lowest BCUT2D eigenvalue weighted by molar-refractivity contribution is -0.137. The van der Waals surface area contributed by atoms with E-state index < -0.39 is 5.97 Å². The number of rotatable bonds is 7. The van der Waals surface area contributed by atoms with Crippen molar-refractivity contribution in [2.24, 2.45) is 5.92 Å². The van der Waals surface area contributed by atoms with Gasteiger partial charge in [-0.3, -0.25) is 4.79 Å². The zero-order chi connectivity index (χ0) is 10.1. The third kappa shape index (κ3) is 7.32. The molecule has 0 amide bonds. The minimum absolute atomic E-state index is 0.183. The third-order valence-electron chi connectivity index (χ3n) is 1.81. The summed E-state index contributed by atoms with van der Waals surface area (Å²) in [6, 6.07) is 0. The average Bonchev–Trinajstić information content (AvgIpc) is 2.04. The second-order valence-electron chi connectivity index (χ2n) is 3.10. The van der Waals surface area contributed by atoms with Gasteiger partial charge in [0.2, 0.25) is 0 Å². The maximum absolute atomic E-state index is 10.5. The van der Waals surface area contributed by atoms with E-state index >= 15 is 0 Å². The second kappa shape index (κ2) is 7.59. The Morgan fingerprint density at radius 3 is 2.77 bits per heavy atom. The first-order valence-electron chi connectivity index (χ1n) is 4.70. The van der Waals surface area contributed by atoms with Gasteiger partial charge in [-0.05, 0) is 18.8 Å². The van der Waals surface area contributed by atoms with Crippen LogP contribution in [0.4, 0.5) is 0 Å². The minimum Gasteiger partial charge on any atom is -0.481 e. The highest BCUT2D eigenvalue weighted by Crippen LogP contribution is 2.13. The first kappa shape index (κ1) is 11.9. The topological polar surface area (TPSA) is 37.3 Å². The Morgan fingerprint density at radius 1 is 1.62 bits per heavy atom. The Bertz CT molecular complexity index is 183. The molecule has 2 heteroatoms. The van der Waals surface area contributed by atoms with Crippen molar-refractivity contribution in [3.63, 3.8) is 0 Å². The highest BCUT2D eigenvalue weighted by Gasteiger charge is 2.07. The molecule has 0 spiro atoms. The normalized spacial score (nSPS) is 13.0. The van der Waals surface area contributed by atoms with Crippen molar-refractivity contribution >= 4 is 5.97 Å². The molecule has 0 saturated carbocycles. The average molecular weight is 182 g/mol. The van der Waals surface area contributed by atoms with Crippen molar-refractivity contribution in [2.45, 2.75) is 32.6 Å². The van der Waals surface area contributed by atoms with E-state index in [-0.39, 0.29) is 12.3 Å². The van der Waals surface area contributed by atoms with Gasteiger partial charge in [0.15, 0.2) is 0 Å². The van der Waals surface area contributed by atoms with Gasteiger partial charge in [-0.2, -0.15) is 0 Å². The summed E-state index contributed by atoms with van der Waals surface area (Å²) < 4.78 is 0. The number of aliphatic carboxylic acids is 1. The van der Waals surface area contributed by atoms with Gasteiger partial charge < -0.3 is 5.11 Å². The lowest BCUT2D eigenvalue weighted by Gasteiger charge is -2.07. The molecular weight excluding hydrogens is 164 g/mol. The quantitative estimate of drug-likeness (QED) is 0.614. The first-order valence-corrected chi connectivity index (χ1v) is 4.70. The summed E-state index contributed by atoms with van der Waals surface area (Å²) in [5, 5.41) is 8.61. The van der Waals surface area contributed by atoms with E-state index in [2.05, 4.69) is 13.5 Å². The maximum Gasteiger partial charge on any atom is 0.303 e. The molecular formula is C11H18O2. The number of allylic oxidation sites excluding steroid dienone is 3. The molecule has 0 aromatic rings. The molecule has 74 valence electrons. The van der Waals surface area contributed by atoms with Crippen LogP contribution in [-0.2, 0) is 4.79 Å². The molecule has 0 bridgehead atoms. The molecule has 0 fully saturated rings. The molecule has 0 rings (SSSR count). The Kier molecular flexibility index (Phi) is 6.98. The first-order chi connectivity index (χ1) is 6.20. The van der Waals surface area contributed by atoms with Gasteiger partial charge in [-0.15, -0.1) is 6.58 Å². The molecule has 1 unspecified atom stereocenters. The van der Waals surface area contributed by atoms with Crippen LogP contribution in [0.5, 0.6) is 0 Å².